The Labute approximate surface area is 178 Å². The Morgan fingerprint density at radius 3 is 2.60 bits per heavy atom. The van der Waals surface area contributed by atoms with Crippen LogP contribution in [0.5, 0.6) is 5.75 Å². The van der Waals surface area contributed by atoms with E-state index in [9.17, 15) is 4.79 Å². The second kappa shape index (κ2) is 9.32. The lowest BCUT2D eigenvalue weighted by molar-refractivity contribution is -0.120. The van der Waals surface area contributed by atoms with Gasteiger partial charge in [-0.3, -0.25) is 9.69 Å². The Kier molecular flexibility index (Phi) is 6.35. The number of nitrogens with zero attached hydrogens (tertiary/aromatic N) is 3. The highest BCUT2D eigenvalue weighted by molar-refractivity contribution is 5.95. The van der Waals surface area contributed by atoms with Gasteiger partial charge in [0.1, 0.15) is 5.75 Å². The average Bonchev–Trinajstić information content (AvgIpc) is 3.52. The smallest absolute Gasteiger partial charge is 0.241 e. The summed E-state index contributed by atoms with van der Waals surface area (Å²) in [4.78, 5) is 17.6. The molecule has 1 fully saturated rings. The number of anilines is 1. The number of aryl methyl sites for hydroxylation is 1. The van der Waals surface area contributed by atoms with E-state index >= 15 is 0 Å². The van der Waals surface area contributed by atoms with Crippen LogP contribution in [0.1, 0.15) is 49.8 Å². The second-order valence-electron chi connectivity index (χ2n) is 8.04. The summed E-state index contributed by atoms with van der Waals surface area (Å²) in [6.45, 7) is 3.35. The standard InChI is InChI=1S/C25H29N3O2/c1-2-30-22-13-11-20(12-14-22)27(17-5-16-26)25(29)18-28(21-9-10-21)24-15-8-19-6-3-4-7-23(19)24/h3-4,6-7,11-14,21,24H,2,5,8-10,15,17-18H2,1H3. The fourth-order valence-electron chi connectivity index (χ4n) is 4.47. The van der Waals surface area contributed by atoms with Gasteiger partial charge in [-0.25, -0.2) is 0 Å². The molecule has 0 N–H and O–H groups in total. The normalized spacial score (nSPS) is 17.4. The van der Waals surface area contributed by atoms with E-state index < -0.39 is 0 Å². The van der Waals surface area contributed by atoms with Gasteiger partial charge in [0.2, 0.25) is 5.91 Å². The van der Waals surface area contributed by atoms with E-state index in [2.05, 4.69) is 35.2 Å². The molecule has 2 aliphatic carbocycles. The molecule has 2 aliphatic rings. The lowest BCUT2D eigenvalue weighted by Crippen LogP contribution is -2.43. The molecule has 5 nitrogen and oxygen atoms in total. The molecule has 0 saturated heterocycles. The summed E-state index contributed by atoms with van der Waals surface area (Å²) in [7, 11) is 0. The molecule has 0 aromatic heterocycles. The van der Waals surface area contributed by atoms with Gasteiger partial charge < -0.3 is 9.64 Å². The number of rotatable bonds is 9. The van der Waals surface area contributed by atoms with Gasteiger partial charge in [0.05, 0.1) is 25.6 Å². The molecular formula is C25H29N3O2. The number of hydrogen-bond donors (Lipinski definition) is 0. The van der Waals surface area contributed by atoms with Crippen molar-refractivity contribution in [2.75, 3.05) is 24.6 Å². The largest absolute Gasteiger partial charge is 0.494 e. The molecule has 1 atom stereocenters. The molecule has 4 rings (SSSR count). The molecule has 1 unspecified atom stereocenters. The first kappa shape index (κ1) is 20.4. The van der Waals surface area contributed by atoms with E-state index in [0.717, 1.165) is 37.1 Å². The van der Waals surface area contributed by atoms with Crippen LogP contribution in [0.3, 0.4) is 0 Å². The number of benzene rings is 2. The lowest BCUT2D eigenvalue weighted by Gasteiger charge is -2.32. The van der Waals surface area contributed by atoms with Gasteiger partial charge in [-0.15, -0.1) is 0 Å². The average molecular weight is 404 g/mol. The molecule has 0 spiro atoms. The molecule has 2 aromatic carbocycles. The van der Waals surface area contributed by atoms with Crippen LogP contribution in [0.2, 0.25) is 0 Å². The number of carbonyl (C=O) groups excluding carboxylic acids is 1. The number of ether oxygens (including phenoxy) is 1. The van der Waals surface area contributed by atoms with Crippen molar-refractivity contribution in [3.8, 4) is 11.8 Å². The van der Waals surface area contributed by atoms with Gasteiger partial charge in [-0.05, 0) is 68.0 Å². The monoisotopic (exact) mass is 403 g/mol. The van der Waals surface area contributed by atoms with Crippen molar-refractivity contribution in [3.05, 3.63) is 59.7 Å². The highest BCUT2D eigenvalue weighted by Crippen LogP contribution is 2.41. The van der Waals surface area contributed by atoms with Crippen molar-refractivity contribution >= 4 is 11.6 Å². The van der Waals surface area contributed by atoms with Crippen molar-refractivity contribution in [3.63, 3.8) is 0 Å². The molecule has 0 bridgehead atoms. The van der Waals surface area contributed by atoms with Gasteiger partial charge in [0, 0.05) is 24.3 Å². The van der Waals surface area contributed by atoms with Crippen LogP contribution in [0.25, 0.3) is 0 Å². The summed E-state index contributed by atoms with van der Waals surface area (Å²) in [6, 6.07) is 19.2. The molecule has 0 radical (unpaired) electrons. The predicted molar refractivity (Wildman–Crippen MR) is 117 cm³/mol. The minimum atomic E-state index is 0.0608. The molecule has 2 aromatic rings. The molecule has 0 aliphatic heterocycles. The third-order valence-electron chi connectivity index (χ3n) is 6.04. The number of nitriles is 1. The third kappa shape index (κ3) is 4.49. The van der Waals surface area contributed by atoms with Gasteiger partial charge in [-0.1, -0.05) is 24.3 Å². The van der Waals surface area contributed by atoms with Crippen LogP contribution in [-0.4, -0.2) is 36.5 Å². The first-order valence-corrected chi connectivity index (χ1v) is 10.9. The van der Waals surface area contributed by atoms with E-state index in [1.54, 1.807) is 4.90 Å². The van der Waals surface area contributed by atoms with Crippen molar-refractivity contribution in [1.82, 2.24) is 4.90 Å². The molecular weight excluding hydrogens is 374 g/mol. The summed E-state index contributed by atoms with van der Waals surface area (Å²) in [5.74, 6) is 0.849. The molecule has 1 amide bonds. The Bertz CT molecular complexity index is 915. The summed E-state index contributed by atoms with van der Waals surface area (Å²) in [5.41, 5.74) is 3.61. The zero-order valence-electron chi connectivity index (χ0n) is 17.6. The topological polar surface area (TPSA) is 56.6 Å². The Morgan fingerprint density at radius 2 is 1.90 bits per heavy atom. The molecule has 156 valence electrons. The summed E-state index contributed by atoms with van der Waals surface area (Å²) < 4.78 is 5.52. The van der Waals surface area contributed by atoms with Crippen LogP contribution in [0, 0.1) is 11.3 Å². The highest BCUT2D eigenvalue weighted by atomic mass is 16.5. The van der Waals surface area contributed by atoms with Crippen LogP contribution in [-0.2, 0) is 11.2 Å². The zero-order chi connectivity index (χ0) is 20.9. The molecule has 0 heterocycles. The molecule has 30 heavy (non-hydrogen) atoms. The van der Waals surface area contributed by atoms with Crippen LogP contribution in [0.15, 0.2) is 48.5 Å². The maximum Gasteiger partial charge on any atom is 0.241 e. The second-order valence-corrected chi connectivity index (χ2v) is 8.04. The SMILES string of the molecule is CCOc1ccc(N(CCC#N)C(=O)CN(C2CC2)C2CCc3ccccc32)cc1. The minimum absolute atomic E-state index is 0.0608. The summed E-state index contributed by atoms with van der Waals surface area (Å²) in [6.07, 6.45) is 4.79. The van der Waals surface area contributed by atoms with E-state index in [1.165, 1.54) is 11.1 Å². The number of hydrogen-bond acceptors (Lipinski definition) is 4. The maximum atomic E-state index is 13.4. The highest BCUT2D eigenvalue weighted by Gasteiger charge is 2.39. The van der Waals surface area contributed by atoms with Crippen LogP contribution >= 0.6 is 0 Å². The van der Waals surface area contributed by atoms with Gasteiger partial charge >= 0.3 is 0 Å². The van der Waals surface area contributed by atoms with Crippen molar-refractivity contribution in [2.24, 2.45) is 0 Å². The lowest BCUT2D eigenvalue weighted by atomic mass is 10.1. The first-order valence-electron chi connectivity index (χ1n) is 10.9. The Balaban J connectivity index is 1.53. The van der Waals surface area contributed by atoms with Gasteiger partial charge in [0.15, 0.2) is 0 Å². The molecule has 5 heteroatoms. The van der Waals surface area contributed by atoms with Crippen LogP contribution in [0.4, 0.5) is 5.69 Å². The number of fused-ring (bicyclic) bond motifs is 1. The minimum Gasteiger partial charge on any atom is -0.494 e. The molecule has 1 saturated carbocycles. The first-order chi connectivity index (χ1) is 14.7. The van der Waals surface area contributed by atoms with Crippen molar-refractivity contribution in [1.29, 1.82) is 5.26 Å². The van der Waals surface area contributed by atoms with Gasteiger partial charge in [-0.2, -0.15) is 5.26 Å². The number of amides is 1. The maximum absolute atomic E-state index is 13.4. The van der Waals surface area contributed by atoms with Crippen molar-refractivity contribution in [2.45, 2.75) is 51.1 Å². The Hall–Kier alpha value is -2.84. The summed E-state index contributed by atoms with van der Waals surface area (Å²) >= 11 is 0. The fraction of sp³-hybridized carbons (Fsp3) is 0.440. The van der Waals surface area contributed by atoms with E-state index in [4.69, 9.17) is 10.00 Å². The third-order valence-corrected chi connectivity index (χ3v) is 6.04. The van der Waals surface area contributed by atoms with E-state index in [0.29, 0.717) is 38.2 Å². The van der Waals surface area contributed by atoms with E-state index in [-0.39, 0.29) is 5.91 Å². The van der Waals surface area contributed by atoms with E-state index in [1.807, 2.05) is 31.2 Å². The fourth-order valence-corrected chi connectivity index (χ4v) is 4.47. The van der Waals surface area contributed by atoms with Crippen molar-refractivity contribution < 1.29 is 9.53 Å². The number of carbonyl (C=O) groups is 1. The Morgan fingerprint density at radius 1 is 1.13 bits per heavy atom. The zero-order valence-corrected chi connectivity index (χ0v) is 17.6. The quantitative estimate of drug-likeness (QED) is 0.619. The van der Waals surface area contributed by atoms with Gasteiger partial charge in [0.25, 0.3) is 0 Å². The predicted octanol–water partition coefficient (Wildman–Crippen LogP) is 4.48. The van der Waals surface area contributed by atoms with Crippen LogP contribution < -0.4 is 9.64 Å². The summed E-state index contributed by atoms with van der Waals surface area (Å²) in [5, 5.41) is 9.10.